The van der Waals surface area contributed by atoms with Crippen molar-refractivity contribution >= 4 is 17.5 Å². The van der Waals surface area contributed by atoms with Crippen LogP contribution in [0.3, 0.4) is 0 Å². The molecule has 0 unspecified atom stereocenters. The summed E-state index contributed by atoms with van der Waals surface area (Å²) < 4.78 is 0. The molecule has 1 amide bonds. The third-order valence-electron chi connectivity index (χ3n) is 4.50. The Hall–Kier alpha value is -1.84. The Balaban J connectivity index is 1.72. The van der Waals surface area contributed by atoms with Crippen LogP contribution in [0.5, 0.6) is 0 Å². The van der Waals surface area contributed by atoms with Crippen molar-refractivity contribution in [1.82, 2.24) is 4.90 Å². The normalized spacial score (nSPS) is 21.3. The molecule has 0 aromatic heterocycles. The van der Waals surface area contributed by atoms with E-state index in [0.29, 0.717) is 23.7 Å². The zero-order chi connectivity index (χ0) is 16.4. The predicted molar refractivity (Wildman–Crippen MR) is 91.9 cm³/mol. The second kappa shape index (κ2) is 6.73. The minimum atomic E-state index is -0.538. The highest BCUT2D eigenvalue weighted by Crippen LogP contribution is 2.29. The van der Waals surface area contributed by atoms with Gasteiger partial charge < -0.3 is 10.0 Å². The number of hydrogen-bond donors (Lipinski definition) is 1. The molecule has 1 aliphatic rings. The van der Waals surface area contributed by atoms with Crippen LogP contribution in [0.1, 0.15) is 33.8 Å². The van der Waals surface area contributed by atoms with Crippen molar-refractivity contribution in [2.24, 2.45) is 0 Å². The van der Waals surface area contributed by atoms with Gasteiger partial charge >= 0.3 is 0 Å². The highest BCUT2D eigenvalue weighted by molar-refractivity contribution is 6.31. The van der Waals surface area contributed by atoms with Crippen molar-refractivity contribution < 1.29 is 9.90 Å². The lowest BCUT2D eigenvalue weighted by molar-refractivity contribution is 0.0382. The lowest BCUT2D eigenvalue weighted by atomic mass is 9.87. The first kappa shape index (κ1) is 16.0. The number of amides is 1. The maximum atomic E-state index is 12.6. The number of aliphatic hydroxyl groups is 1. The molecular weight excluding hydrogens is 310 g/mol. The molecule has 1 aliphatic heterocycles. The minimum Gasteiger partial charge on any atom is -0.391 e. The molecule has 2 aromatic carbocycles. The van der Waals surface area contributed by atoms with Gasteiger partial charge in [-0.15, -0.1) is 0 Å². The van der Waals surface area contributed by atoms with Crippen LogP contribution in [0.15, 0.2) is 48.5 Å². The van der Waals surface area contributed by atoms with E-state index >= 15 is 0 Å². The largest absolute Gasteiger partial charge is 0.391 e. The summed E-state index contributed by atoms with van der Waals surface area (Å²) in [5.74, 6) is 0.0440. The third kappa shape index (κ3) is 3.41. The quantitative estimate of drug-likeness (QED) is 0.913. The van der Waals surface area contributed by atoms with Crippen LogP contribution in [0, 0.1) is 6.92 Å². The second-order valence-corrected chi connectivity index (χ2v) is 6.50. The Morgan fingerprint density at radius 1 is 1.22 bits per heavy atom. The van der Waals surface area contributed by atoms with Gasteiger partial charge in [-0.1, -0.05) is 41.9 Å². The van der Waals surface area contributed by atoms with E-state index in [1.807, 2.05) is 37.3 Å². The average molecular weight is 330 g/mol. The summed E-state index contributed by atoms with van der Waals surface area (Å²) >= 11 is 6.02. The fourth-order valence-corrected chi connectivity index (χ4v) is 3.28. The van der Waals surface area contributed by atoms with Gasteiger partial charge in [-0.05, 0) is 42.7 Å². The smallest absolute Gasteiger partial charge is 0.253 e. The van der Waals surface area contributed by atoms with E-state index < -0.39 is 6.10 Å². The fourth-order valence-electron chi connectivity index (χ4n) is 3.17. The van der Waals surface area contributed by atoms with Crippen molar-refractivity contribution in [3.05, 3.63) is 70.2 Å². The Kier molecular flexibility index (Phi) is 4.69. The first-order valence-corrected chi connectivity index (χ1v) is 8.22. The van der Waals surface area contributed by atoms with Gasteiger partial charge in [0.15, 0.2) is 0 Å². The molecule has 3 nitrogen and oxygen atoms in total. The molecule has 0 spiro atoms. The summed E-state index contributed by atoms with van der Waals surface area (Å²) in [5, 5.41) is 11.1. The van der Waals surface area contributed by atoms with E-state index in [4.69, 9.17) is 11.6 Å². The molecule has 2 aromatic rings. The zero-order valence-electron chi connectivity index (χ0n) is 13.1. The highest BCUT2D eigenvalue weighted by Gasteiger charge is 2.31. The summed E-state index contributed by atoms with van der Waals surface area (Å²) in [5.41, 5.74) is 2.64. The molecule has 3 rings (SSSR count). The van der Waals surface area contributed by atoms with Gasteiger partial charge in [0.2, 0.25) is 0 Å². The van der Waals surface area contributed by atoms with E-state index in [9.17, 15) is 9.90 Å². The standard InChI is InChI=1S/C19H20ClNO2/c1-13-11-15(7-8-17(13)20)19(23)21-10-9-16(18(22)12-21)14-5-3-2-4-6-14/h2-8,11,16,18,22H,9-10,12H2,1H3/t16-,18+/m0/s1. The van der Waals surface area contributed by atoms with E-state index in [1.165, 1.54) is 0 Å². The number of nitrogens with zero attached hydrogens (tertiary/aromatic N) is 1. The van der Waals surface area contributed by atoms with Gasteiger partial charge in [-0.3, -0.25) is 4.79 Å². The Labute approximate surface area is 141 Å². The summed E-state index contributed by atoms with van der Waals surface area (Å²) in [4.78, 5) is 14.4. The van der Waals surface area contributed by atoms with Crippen molar-refractivity contribution in [2.45, 2.75) is 25.4 Å². The van der Waals surface area contributed by atoms with Crippen LogP contribution in [0.25, 0.3) is 0 Å². The van der Waals surface area contributed by atoms with Gasteiger partial charge in [0, 0.05) is 29.6 Å². The molecule has 1 saturated heterocycles. The zero-order valence-corrected chi connectivity index (χ0v) is 13.8. The summed E-state index contributed by atoms with van der Waals surface area (Å²) in [6, 6.07) is 15.3. The van der Waals surface area contributed by atoms with Crippen LogP contribution in [-0.2, 0) is 0 Å². The van der Waals surface area contributed by atoms with E-state index in [0.717, 1.165) is 17.5 Å². The minimum absolute atomic E-state index is 0.0460. The van der Waals surface area contributed by atoms with Gasteiger partial charge in [-0.2, -0.15) is 0 Å². The van der Waals surface area contributed by atoms with Crippen molar-refractivity contribution in [2.75, 3.05) is 13.1 Å². The van der Waals surface area contributed by atoms with Crippen LogP contribution in [0.4, 0.5) is 0 Å². The van der Waals surface area contributed by atoms with Gasteiger partial charge in [-0.25, -0.2) is 0 Å². The molecule has 0 bridgehead atoms. The number of benzene rings is 2. The first-order chi connectivity index (χ1) is 11.1. The van der Waals surface area contributed by atoms with Crippen molar-refractivity contribution in [3.8, 4) is 0 Å². The second-order valence-electron chi connectivity index (χ2n) is 6.09. The van der Waals surface area contributed by atoms with Crippen molar-refractivity contribution in [1.29, 1.82) is 0 Å². The molecule has 0 saturated carbocycles. The Morgan fingerprint density at radius 2 is 1.96 bits per heavy atom. The fraction of sp³-hybridized carbons (Fsp3) is 0.316. The third-order valence-corrected chi connectivity index (χ3v) is 4.93. The first-order valence-electron chi connectivity index (χ1n) is 7.84. The number of β-amino-alcohol motifs (C(OH)–C–C–N with tert-alkyl or cyclic N) is 1. The Morgan fingerprint density at radius 3 is 2.61 bits per heavy atom. The SMILES string of the molecule is Cc1cc(C(=O)N2CC[C@@H](c3ccccc3)[C@H](O)C2)ccc1Cl. The Bertz CT molecular complexity index is 702. The number of carbonyl (C=O) groups excluding carboxylic acids is 1. The molecule has 0 aliphatic carbocycles. The molecule has 120 valence electrons. The van der Waals surface area contributed by atoms with E-state index in [2.05, 4.69) is 0 Å². The lowest BCUT2D eigenvalue weighted by Gasteiger charge is -2.36. The molecule has 1 N–H and O–H groups in total. The van der Waals surface area contributed by atoms with Crippen LogP contribution < -0.4 is 0 Å². The summed E-state index contributed by atoms with van der Waals surface area (Å²) in [6.45, 7) is 2.90. The number of hydrogen-bond acceptors (Lipinski definition) is 2. The maximum Gasteiger partial charge on any atom is 0.253 e. The molecule has 4 heteroatoms. The highest BCUT2D eigenvalue weighted by atomic mass is 35.5. The molecule has 2 atom stereocenters. The monoisotopic (exact) mass is 329 g/mol. The number of aryl methyl sites for hydroxylation is 1. The number of aliphatic hydroxyl groups excluding tert-OH is 1. The number of likely N-dealkylation sites (tertiary alicyclic amines) is 1. The van der Waals surface area contributed by atoms with Crippen LogP contribution in [-0.4, -0.2) is 35.1 Å². The number of halogens is 1. The maximum absolute atomic E-state index is 12.6. The average Bonchev–Trinajstić information content (AvgIpc) is 2.57. The van der Waals surface area contributed by atoms with Gasteiger partial charge in [0.05, 0.1) is 6.10 Å². The topological polar surface area (TPSA) is 40.5 Å². The number of piperidine rings is 1. The molecular formula is C19H20ClNO2. The van der Waals surface area contributed by atoms with Crippen LogP contribution >= 0.6 is 11.6 Å². The van der Waals surface area contributed by atoms with Crippen LogP contribution in [0.2, 0.25) is 5.02 Å². The molecule has 23 heavy (non-hydrogen) atoms. The molecule has 1 fully saturated rings. The van der Waals surface area contributed by atoms with E-state index in [-0.39, 0.29) is 11.8 Å². The predicted octanol–water partition coefficient (Wildman–Crippen LogP) is 3.64. The van der Waals surface area contributed by atoms with Gasteiger partial charge in [0.1, 0.15) is 0 Å². The van der Waals surface area contributed by atoms with Crippen molar-refractivity contribution in [3.63, 3.8) is 0 Å². The summed E-state index contributed by atoms with van der Waals surface area (Å²) in [7, 11) is 0. The number of rotatable bonds is 2. The summed E-state index contributed by atoms with van der Waals surface area (Å²) in [6.07, 6.45) is 0.229. The number of carbonyl (C=O) groups is 1. The lowest BCUT2D eigenvalue weighted by Crippen LogP contribution is -2.45. The molecule has 1 heterocycles. The molecule has 0 radical (unpaired) electrons. The van der Waals surface area contributed by atoms with E-state index in [1.54, 1.807) is 23.1 Å². The van der Waals surface area contributed by atoms with Gasteiger partial charge in [0.25, 0.3) is 5.91 Å².